The lowest BCUT2D eigenvalue weighted by Crippen LogP contribution is -2.54. The van der Waals surface area contributed by atoms with E-state index in [4.69, 9.17) is 0 Å². The predicted octanol–water partition coefficient (Wildman–Crippen LogP) is 0.570. The molecular weight excluding hydrogens is 328 g/mol. The molecular formula is C17H33ClN4O2. The van der Waals surface area contributed by atoms with Crippen LogP contribution in [0.5, 0.6) is 0 Å². The average molecular weight is 361 g/mol. The lowest BCUT2D eigenvalue weighted by molar-refractivity contribution is -0.140. The summed E-state index contributed by atoms with van der Waals surface area (Å²) in [5.74, 6) is 0.616. The first-order valence-electron chi connectivity index (χ1n) is 8.70. The summed E-state index contributed by atoms with van der Waals surface area (Å²) in [6, 6.07) is 0. The third-order valence-electron chi connectivity index (χ3n) is 4.79. The highest BCUT2D eigenvalue weighted by atomic mass is 35.5. The first-order chi connectivity index (χ1) is 10.8. The number of carbonyl (C=O) groups excluding carboxylic acids is 2. The van der Waals surface area contributed by atoms with Crippen molar-refractivity contribution in [1.29, 1.82) is 0 Å². The molecule has 2 fully saturated rings. The van der Waals surface area contributed by atoms with Gasteiger partial charge in [0.2, 0.25) is 11.8 Å². The molecule has 2 aliphatic rings. The Balaban J connectivity index is 0.00000288. The van der Waals surface area contributed by atoms with Crippen LogP contribution in [-0.2, 0) is 9.59 Å². The van der Waals surface area contributed by atoms with Gasteiger partial charge >= 0.3 is 0 Å². The molecule has 6 nitrogen and oxygen atoms in total. The minimum Gasteiger partial charge on any atom is -0.355 e. The molecule has 0 atom stereocenters. The number of hydrogen-bond acceptors (Lipinski definition) is 4. The standard InChI is InChI=1S/C17H32N4O2.ClH/c1-17(2,12-20(3)4)11-19-15(22)13-5-7-21(8-6-13)16(23)14-9-18-10-14;/h13-14,18H,5-12H2,1-4H3,(H,19,22);1H. The summed E-state index contributed by atoms with van der Waals surface area (Å²) < 4.78 is 0. The molecule has 2 rings (SSSR count). The van der Waals surface area contributed by atoms with Crippen LogP contribution < -0.4 is 10.6 Å². The Hall–Kier alpha value is -0.850. The quantitative estimate of drug-likeness (QED) is 0.727. The van der Waals surface area contributed by atoms with E-state index in [2.05, 4.69) is 29.4 Å². The van der Waals surface area contributed by atoms with Crippen LogP contribution in [0.2, 0.25) is 0 Å². The summed E-state index contributed by atoms with van der Waals surface area (Å²) in [5.41, 5.74) is 0.0626. The maximum absolute atomic E-state index is 12.4. The van der Waals surface area contributed by atoms with Crippen molar-refractivity contribution in [3.05, 3.63) is 0 Å². The summed E-state index contributed by atoms with van der Waals surface area (Å²) in [7, 11) is 4.10. The zero-order valence-electron chi connectivity index (χ0n) is 15.4. The molecule has 0 aliphatic carbocycles. The van der Waals surface area contributed by atoms with Crippen LogP contribution in [0.1, 0.15) is 26.7 Å². The van der Waals surface area contributed by atoms with E-state index >= 15 is 0 Å². The molecule has 2 amide bonds. The van der Waals surface area contributed by atoms with Crippen molar-refractivity contribution in [1.82, 2.24) is 20.4 Å². The van der Waals surface area contributed by atoms with Crippen molar-refractivity contribution in [2.75, 3.05) is 53.4 Å². The molecule has 0 unspecified atom stereocenters. The third kappa shape index (κ3) is 5.90. The minimum atomic E-state index is 0. The molecule has 0 aromatic carbocycles. The molecule has 2 aliphatic heterocycles. The van der Waals surface area contributed by atoms with Crippen molar-refractivity contribution in [3.8, 4) is 0 Å². The number of amides is 2. The van der Waals surface area contributed by atoms with Crippen LogP contribution in [0, 0.1) is 17.3 Å². The van der Waals surface area contributed by atoms with Gasteiger partial charge in [-0.3, -0.25) is 9.59 Å². The molecule has 0 saturated carbocycles. The van der Waals surface area contributed by atoms with Gasteiger partial charge in [-0.05, 0) is 32.4 Å². The Bertz CT molecular complexity index is 430. The SMILES string of the molecule is CN(C)CC(C)(C)CNC(=O)C1CCN(C(=O)C2CNC2)CC1.Cl. The molecule has 2 N–H and O–H groups in total. The second-order valence-electron chi connectivity index (χ2n) is 8.07. The lowest BCUT2D eigenvalue weighted by atomic mass is 9.91. The van der Waals surface area contributed by atoms with Crippen molar-refractivity contribution in [3.63, 3.8) is 0 Å². The van der Waals surface area contributed by atoms with E-state index in [1.165, 1.54) is 0 Å². The molecule has 0 radical (unpaired) electrons. The van der Waals surface area contributed by atoms with Gasteiger partial charge in [0.15, 0.2) is 0 Å². The van der Waals surface area contributed by atoms with Crippen molar-refractivity contribution in [2.45, 2.75) is 26.7 Å². The molecule has 24 heavy (non-hydrogen) atoms. The van der Waals surface area contributed by atoms with E-state index in [0.29, 0.717) is 19.6 Å². The van der Waals surface area contributed by atoms with Gasteiger partial charge in [-0.1, -0.05) is 13.8 Å². The van der Waals surface area contributed by atoms with Crippen LogP contribution in [0.4, 0.5) is 0 Å². The summed E-state index contributed by atoms with van der Waals surface area (Å²) in [5, 5.41) is 6.25. The topological polar surface area (TPSA) is 64.7 Å². The Morgan fingerprint density at radius 2 is 1.75 bits per heavy atom. The Morgan fingerprint density at radius 3 is 2.21 bits per heavy atom. The van der Waals surface area contributed by atoms with E-state index in [9.17, 15) is 9.59 Å². The number of piperidine rings is 1. The van der Waals surface area contributed by atoms with E-state index in [1.807, 2.05) is 19.0 Å². The summed E-state index contributed by atoms with van der Waals surface area (Å²) in [6.07, 6.45) is 1.57. The number of hydrogen-bond donors (Lipinski definition) is 2. The fraction of sp³-hybridized carbons (Fsp3) is 0.882. The lowest BCUT2D eigenvalue weighted by Gasteiger charge is -2.37. The highest BCUT2D eigenvalue weighted by Crippen LogP contribution is 2.21. The summed E-state index contributed by atoms with van der Waals surface area (Å²) >= 11 is 0. The average Bonchev–Trinajstić information content (AvgIpc) is 2.42. The zero-order chi connectivity index (χ0) is 17.0. The summed E-state index contributed by atoms with van der Waals surface area (Å²) in [4.78, 5) is 28.6. The predicted molar refractivity (Wildman–Crippen MR) is 98.3 cm³/mol. The number of halogens is 1. The van der Waals surface area contributed by atoms with Crippen molar-refractivity contribution >= 4 is 24.2 Å². The number of likely N-dealkylation sites (tertiary alicyclic amines) is 1. The summed E-state index contributed by atoms with van der Waals surface area (Å²) in [6.45, 7) is 9.01. The van der Waals surface area contributed by atoms with Gasteiger partial charge in [0, 0.05) is 45.2 Å². The van der Waals surface area contributed by atoms with E-state index < -0.39 is 0 Å². The van der Waals surface area contributed by atoms with Crippen LogP contribution in [-0.4, -0.2) is 75.0 Å². The largest absolute Gasteiger partial charge is 0.355 e. The van der Waals surface area contributed by atoms with Gasteiger partial charge in [0.25, 0.3) is 0 Å². The molecule has 0 bridgehead atoms. The number of rotatable bonds is 6. The monoisotopic (exact) mass is 360 g/mol. The van der Waals surface area contributed by atoms with E-state index in [0.717, 1.165) is 32.5 Å². The van der Waals surface area contributed by atoms with Gasteiger partial charge in [0.1, 0.15) is 0 Å². The Kier molecular flexibility index (Phi) is 7.96. The molecule has 0 aromatic rings. The second-order valence-corrected chi connectivity index (χ2v) is 8.07. The molecule has 0 spiro atoms. The Morgan fingerprint density at radius 1 is 1.17 bits per heavy atom. The van der Waals surface area contributed by atoms with Crippen LogP contribution in [0.25, 0.3) is 0 Å². The molecule has 7 heteroatoms. The molecule has 0 aromatic heterocycles. The number of carbonyl (C=O) groups is 2. The zero-order valence-corrected chi connectivity index (χ0v) is 16.2. The highest BCUT2D eigenvalue weighted by molar-refractivity contribution is 5.85. The third-order valence-corrected chi connectivity index (χ3v) is 4.79. The van der Waals surface area contributed by atoms with Gasteiger partial charge in [0.05, 0.1) is 5.92 Å². The first-order valence-corrected chi connectivity index (χ1v) is 8.70. The molecule has 140 valence electrons. The van der Waals surface area contributed by atoms with E-state index in [1.54, 1.807) is 0 Å². The smallest absolute Gasteiger partial charge is 0.228 e. The highest BCUT2D eigenvalue weighted by Gasteiger charge is 2.33. The van der Waals surface area contributed by atoms with Crippen molar-refractivity contribution in [2.24, 2.45) is 17.3 Å². The minimum absolute atomic E-state index is 0. The first kappa shape index (κ1) is 21.2. The van der Waals surface area contributed by atoms with Crippen LogP contribution in [0.15, 0.2) is 0 Å². The van der Waals surface area contributed by atoms with Crippen LogP contribution >= 0.6 is 12.4 Å². The van der Waals surface area contributed by atoms with Crippen LogP contribution in [0.3, 0.4) is 0 Å². The fourth-order valence-electron chi connectivity index (χ4n) is 3.47. The van der Waals surface area contributed by atoms with E-state index in [-0.39, 0.29) is 41.5 Å². The van der Waals surface area contributed by atoms with Gasteiger partial charge in [-0.2, -0.15) is 0 Å². The second kappa shape index (κ2) is 9.02. The molecule has 2 heterocycles. The van der Waals surface area contributed by atoms with Crippen molar-refractivity contribution < 1.29 is 9.59 Å². The number of nitrogens with zero attached hydrogens (tertiary/aromatic N) is 2. The molecule has 2 saturated heterocycles. The number of nitrogens with one attached hydrogen (secondary N) is 2. The van der Waals surface area contributed by atoms with Gasteiger partial charge < -0.3 is 20.4 Å². The Labute approximate surface area is 152 Å². The maximum Gasteiger partial charge on any atom is 0.228 e. The van der Waals surface area contributed by atoms with Gasteiger partial charge in [-0.15, -0.1) is 12.4 Å². The normalized spacial score (nSPS) is 19.6. The van der Waals surface area contributed by atoms with Gasteiger partial charge in [-0.25, -0.2) is 0 Å². The fourth-order valence-corrected chi connectivity index (χ4v) is 3.47. The maximum atomic E-state index is 12.4.